The third-order valence-corrected chi connectivity index (χ3v) is 3.04. The van der Waals surface area contributed by atoms with Crippen LogP contribution in [0.3, 0.4) is 0 Å². The second-order valence-corrected chi connectivity index (χ2v) is 4.63. The minimum Gasteiger partial charge on any atom is -0.341 e. The zero-order chi connectivity index (χ0) is 15.1. The Hall–Kier alpha value is -2.40. The van der Waals surface area contributed by atoms with Crippen molar-refractivity contribution in [2.75, 3.05) is 4.90 Å². The van der Waals surface area contributed by atoms with E-state index in [1.54, 1.807) is 11.8 Å². The summed E-state index contributed by atoms with van der Waals surface area (Å²) in [5.41, 5.74) is 4.30. The van der Waals surface area contributed by atoms with Crippen molar-refractivity contribution in [3.63, 3.8) is 0 Å². The Kier molecular flexibility index (Phi) is 5.29. The fraction of sp³-hybridized carbons (Fsp3) is 0.125. The molecule has 21 heavy (non-hydrogen) atoms. The van der Waals surface area contributed by atoms with E-state index < -0.39 is 0 Å². The maximum atomic E-state index is 11.2. The summed E-state index contributed by atoms with van der Waals surface area (Å²) in [5, 5.41) is 0.300. The molecular formula is C16H16N2O2S. The molecule has 0 unspecified atom stereocenters. The molecule has 4 nitrogen and oxygen atoms in total. The number of benzene rings is 2. The molecule has 0 spiro atoms. The van der Waals surface area contributed by atoms with Gasteiger partial charge in [-0.15, -0.1) is 0 Å². The average Bonchev–Trinajstić information content (AvgIpc) is 2.55. The molecule has 2 aromatic rings. The van der Waals surface area contributed by atoms with Gasteiger partial charge in [-0.25, -0.2) is 4.79 Å². The lowest BCUT2D eigenvalue weighted by Gasteiger charge is -2.25. The molecule has 0 aliphatic rings. The van der Waals surface area contributed by atoms with Gasteiger partial charge < -0.3 is 4.84 Å². The Morgan fingerprint density at radius 2 is 1.52 bits per heavy atom. The van der Waals surface area contributed by atoms with E-state index in [-0.39, 0.29) is 12.4 Å². The lowest BCUT2D eigenvalue weighted by Crippen LogP contribution is -2.37. The first-order chi connectivity index (χ1) is 10.2. The Bertz CT molecular complexity index is 563. The van der Waals surface area contributed by atoms with Crippen LogP contribution in [0.2, 0.25) is 0 Å². The van der Waals surface area contributed by atoms with Crippen molar-refractivity contribution in [3.05, 3.63) is 60.7 Å². The number of hydrogen-bond acceptors (Lipinski definition) is 3. The highest BCUT2D eigenvalue weighted by atomic mass is 32.1. The van der Waals surface area contributed by atoms with E-state index in [2.05, 4.69) is 5.48 Å². The van der Waals surface area contributed by atoms with Crippen LogP contribution in [-0.4, -0.2) is 11.1 Å². The van der Waals surface area contributed by atoms with Crippen LogP contribution in [0.5, 0.6) is 0 Å². The Morgan fingerprint density at radius 1 is 1.05 bits per heavy atom. The van der Waals surface area contributed by atoms with Crippen molar-refractivity contribution in [2.24, 2.45) is 0 Å². The number of rotatable bonds is 3. The largest absolute Gasteiger partial charge is 0.341 e. The van der Waals surface area contributed by atoms with Crippen molar-refractivity contribution >= 4 is 34.7 Å². The zero-order valence-electron chi connectivity index (χ0n) is 11.7. The molecule has 0 heterocycles. The summed E-state index contributed by atoms with van der Waals surface area (Å²) in [5.74, 6) is -0.363. The number of thiocarbonyl (C=S) groups is 1. The van der Waals surface area contributed by atoms with Gasteiger partial charge in [-0.1, -0.05) is 43.3 Å². The predicted octanol–water partition coefficient (Wildman–Crippen LogP) is 3.57. The second kappa shape index (κ2) is 7.40. The summed E-state index contributed by atoms with van der Waals surface area (Å²) < 4.78 is 0. The van der Waals surface area contributed by atoms with Gasteiger partial charge in [-0.3, -0.25) is 4.90 Å². The molecule has 1 N–H and O–H groups in total. The van der Waals surface area contributed by atoms with Gasteiger partial charge in [0, 0.05) is 17.8 Å². The Balaban J connectivity index is 2.25. The topological polar surface area (TPSA) is 41.6 Å². The normalized spacial score (nSPS) is 9.76. The minimum absolute atomic E-state index is 0.284. The van der Waals surface area contributed by atoms with Crippen molar-refractivity contribution in [1.29, 1.82) is 0 Å². The average molecular weight is 300 g/mol. The first-order valence-electron chi connectivity index (χ1n) is 6.62. The Labute approximate surface area is 129 Å². The van der Waals surface area contributed by atoms with Gasteiger partial charge >= 0.3 is 5.97 Å². The summed E-state index contributed by atoms with van der Waals surface area (Å²) in [6.45, 7) is 1.72. The van der Waals surface area contributed by atoms with Crippen LogP contribution in [0, 0.1) is 0 Å². The first kappa shape index (κ1) is 15.0. The number of anilines is 2. The monoisotopic (exact) mass is 300 g/mol. The van der Waals surface area contributed by atoms with Gasteiger partial charge in [0.15, 0.2) is 0 Å². The molecule has 0 saturated heterocycles. The molecule has 0 aliphatic heterocycles. The quantitative estimate of drug-likeness (QED) is 0.693. The van der Waals surface area contributed by atoms with Crippen molar-refractivity contribution in [3.8, 4) is 0 Å². The molecule has 0 aromatic heterocycles. The highest BCUT2D eigenvalue weighted by molar-refractivity contribution is 7.80. The van der Waals surface area contributed by atoms with Crippen LogP contribution in [0.1, 0.15) is 13.3 Å². The van der Waals surface area contributed by atoms with E-state index in [9.17, 15) is 4.79 Å². The number of nitrogens with zero attached hydrogens (tertiary/aromatic N) is 1. The van der Waals surface area contributed by atoms with Crippen molar-refractivity contribution in [1.82, 2.24) is 5.48 Å². The van der Waals surface area contributed by atoms with Gasteiger partial charge in [0.1, 0.15) is 0 Å². The number of hydroxylamine groups is 1. The fourth-order valence-electron chi connectivity index (χ4n) is 1.76. The van der Waals surface area contributed by atoms with Crippen LogP contribution < -0.4 is 10.4 Å². The van der Waals surface area contributed by atoms with Crippen molar-refractivity contribution in [2.45, 2.75) is 13.3 Å². The highest BCUT2D eigenvalue weighted by Crippen LogP contribution is 2.24. The number of carbonyl (C=O) groups excluding carboxylic acids is 1. The van der Waals surface area contributed by atoms with E-state index in [0.717, 1.165) is 11.4 Å². The molecule has 2 rings (SSSR count). The molecule has 2 aromatic carbocycles. The van der Waals surface area contributed by atoms with Gasteiger partial charge in [0.05, 0.1) is 0 Å². The number of hydrogen-bond donors (Lipinski definition) is 1. The smallest absolute Gasteiger partial charge is 0.331 e. The molecule has 5 heteroatoms. The molecule has 0 bridgehead atoms. The van der Waals surface area contributed by atoms with E-state index in [0.29, 0.717) is 5.11 Å². The molecule has 0 fully saturated rings. The summed E-state index contributed by atoms with van der Waals surface area (Å²) in [6.07, 6.45) is 0.284. The Morgan fingerprint density at radius 3 is 1.95 bits per heavy atom. The van der Waals surface area contributed by atoms with E-state index in [1.165, 1.54) is 0 Å². The maximum Gasteiger partial charge on any atom is 0.331 e. The van der Waals surface area contributed by atoms with Crippen LogP contribution in [0.25, 0.3) is 0 Å². The molecule has 108 valence electrons. The van der Waals surface area contributed by atoms with E-state index in [4.69, 9.17) is 17.1 Å². The summed E-state index contributed by atoms with van der Waals surface area (Å²) in [4.78, 5) is 18.0. The van der Waals surface area contributed by atoms with Crippen LogP contribution in [0.15, 0.2) is 60.7 Å². The molecular weight excluding hydrogens is 284 g/mol. The molecule has 0 saturated carbocycles. The number of carbonyl (C=O) groups is 1. The predicted molar refractivity (Wildman–Crippen MR) is 87.1 cm³/mol. The molecule has 0 radical (unpaired) electrons. The summed E-state index contributed by atoms with van der Waals surface area (Å²) in [6, 6.07) is 19.3. The van der Waals surface area contributed by atoms with Crippen LogP contribution >= 0.6 is 12.2 Å². The minimum atomic E-state index is -0.363. The lowest BCUT2D eigenvalue weighted by molar-refractivity contribution is -0.147. The summed E-state index contributed by atoms with van der Waals surface area (Å²) in [7, 11) is 0. The molecule has 0 amide bonds. The number of nitrogens with one attached hydrogen (secondary N) is 1. The number of para-hydroxylation sites is 2. The van der Waals surface area contributed by atoms with Gasteiger partial charge in [0.2, 0.25) is 5.11 Å². The van der Waals surface area contributed by atoms with Gasteiger partial charge in [-0.2, -0.15) is 5.48 Å². The molecule has 0 atom stereocenters. The molecule has 0 aliphatic carbocycles. The third-order valence-electron chi connectivity index (χ3n) is 2.77. The first-order valence-corrected chi connectivity index (χ1v) is 7.03. The van der Waals surface area contributed by atoms with E-state index in [1.807, 2.05) is 60.7 Å². The second-order valence-electron chi connectivity index (χ2n) is 4.24. The SMILES string of the molecule is CCC(=O)ONC(=S)N(c1ccccc1)c1ccccc1. The zero-order valence-corrected chi connectivity index (χ0v) is 12.5. The highest BCUT2D eigenvalue weighted by Gasteiger charge is 2.15. The lowest BCUT2D eigenvalue weighted by atomic mass is 10.2. The summed E-state index contributed by atoms with van der Waals surface area (Å²) >= 11 is 5.34. The van der Waals surface area contributed by atoms with Gasteiger partial charge in [-0.05, 0) is 36.5 Å². The fourth-order valence-corrected chi connectivity index (χ4v) is 2.01. The van der Waals surface area contributed by atoms with Crippen molar-refractivity contribution < 1.29 is 9.63 Å². The maximum absolute atomic E-state index is 11.2. The third kappa shape index (κ3) is 4.03. The van der Waals surface area contributed by atoms with E-state index >= 15 is 0 Å². The van der Waals surface area contributed by atoms with Gasteiger partial charge in [0.25, 0.3) is 0 Å². The van der Waals surface area contributed by atoms with Crippen LogP contribution in [-0.2, 0) is 9.63 Å². The van der Waals surface area contributed by atoms with Crippen LogP contribution in [0.4, 0.5) is 11.4 Å². The standard InChI is InChI=1S/C16H16N2O2S/c1-2-15(19)20-17-16(21)18(13-9-5-3-6-10-13)14-11-7-4-8-12-14/h3-12H,2H2,1H3,(H,17,21).